The summed E-state index contributed by atoms with van der Waals surface area (Å²) in [4.78, 5) is 23.7. The van der Waals surface area contributed by atoms with Gasteiger partial charge in [-0.1, -0.05) is 42.6 Å². The molecule has 7 heteroatoms. The number of halogens is 1. The summed E-state index contributed by atoms with van der Waals surface area (Å²) in [6.45, 7) is 5.60. The number of carbonyl (C=O) groups excluding carboxylic acids is 1. The Bertz CT molecular complexity index is 828. The van der Waals surface area contributed by atoms with Crippen molar-refractivity contribution in [3.8, 4) is 0 Å². The molecule has 2 fully saturated rings. The van der Waals surface area contributed by atoms with Crippen LogP contribution in [0, 0.1) is 0 Å². The minimum Gasteiger partial charge on any atom is -0.367 e. The summed E-state index contributed by atoms with van der Waals surface area (Å²) in [5.41, 5.74) is 2.06. The van der Waals surface area contributed by atoms with E-state index in [2.05, 4.69) is 32.2 Å². The minimum absolute atomic E-state index is 0.0228. The molecule has 4 rings (SSSR count). The number of rotatable bonds is 4. The molecule has 0 spiro atoms. The largest absolute Gasteiger partial charge is 0.367 e. The third kappa shape index (κ3) is 5.17. The molecule has 2 aromatic rings. The molecule has 2 aliphatic heterocycles. The van der Waals surface area contributed by atoms with Crippen molar-refractivity contribution in [3.63, 3.8) is 0 Å². The Morgan fingerprint density at radius 1 is 0.900 bits per heavy atom. The number of amides is 2. The molecule has 0 unspecified atom stereocenters. The van der Waals surface area contributed by atoms with Crippen LogP contribution >= 0.6 is 11.6 Å². The quantitative estimate of drug-likeness (QED) is 0.796. The Morgan fingerprint density at radius 3 is 2.30 bits per heavy atom. The molecule has 1 N–H and O–H groups in total. The summed E-state index contributed by atoms with van der Waals surface area (Å²) in [7, 11) is 0. The van der Waals surface area contributed by atoms with Crippen LogP contribution in [0.15, 0.2) is 42.6 Å². The highest BCUT2D eigenvalue weighted by Gasteiger charge is 2.22. The molecule has 1 aromatic carbocycles. The van der Waals surface area contributed by atoms with Gasteiger partial charge in [0.05, 0.1) is 10.7 Å². The van der Waals surface area contributed by atoms with Crippen molar-refractivity contribution in [1.82, 2.24) is 15.2 Å². The lowest BCUT2D eigenvalue weighted by molar-refractivity contribution is 0.194. The van der Waals surface area contributed by atoms with Crippen LogP contribution < -0.4 is 15.1 Å². The summed E-state index contributed by atoms with van der Waals surface area (Å²) >= 11 is 6.30. The van der Waals surface area contributed by atoms with Crippen LogP contribution in [0.2, 0.25) is 5.02 Å². The molecule has 0 radical (unpaired) electrons. The number of nitrogens with one attached hydrogen (secondary N) is 1. The Morgan fingerprint density at radius 2 is 1.63 bits per heavy atom. The molecule has 2 saturated heterocycles. The van der Waals surface area contributed by atoms with Gasteiger partial charge in [0.2, 0.25) is 0 Å². The normalized spacial score (nSPS) is 17.6. The molecule has 6 nitrogen and oxygen atoms in total. The molecular formula is C23H30ClN5O. The first-order valence-corrected chi connectivity index (χ1v) is 11.3. The molecule has 2 aliphatic rings. The van der Waals surface area contributed by atoms with Crippen LogP contribution in [0.1, 0.15) is 31.2 Å². The molecule has 0 atom stereocenters. The molecule has 0 bridgehead atoms. The molecule has 160 valence electrons. The van der Waals surface area contributed by atoms with Gasteiger partial charge in [0.25, 0.3) is 0 Å². The number of piperazine rings is 1. The number of benzene rings is 1. The van der Waals surface area contributed by atoms with Crippen molar-refractivity contribution in [3.05, 3.63) is 53.2 Å². The molecule has 3 heterocycles. The lowest BCUT2D eigenvalue weighted by Crippen LogP contribution is -2.51. The fourth-order valence-corrected chi connectivity index (χ4v) is 4.41. The maximum Gasteiger partial charge on any atom is 0.317 e. The van der Waals surface area contributed by atoms with Crippen LogP contribution in [0.3, 0.4) is 0 Å². The third-order valence-electron chi connectivity index (χ3n) is 5.94. The highest BCUT2D eigenvalue weighted by molar-refractivity contribution is 6.33. The van der Waals surface area contributed by atoms with Gasteiger partial charge < -0.3 is 20.0 Å². The van der Waals surface area contributed by atoms with Gasteiger partial charge in [-0.25, -0.2) is 9.78 Å². The molecule has 1 aromatic heterocycles. The van der Waals surface area contributed by atoms with Gasteiger partial charge in [-0.3, -0.25) is 0 Å². The van der Waals surface area contributed by atoms with E-state index in [1.165, 1.54) is 25.7 Å². The number of pyridine rings is 1. The van der Waals surface area contributed by atoms with Gasteiger partial charge in [0, 0.05) is 52.0 Å². The van der Waals surface area contributed by atoms with Gasteiger partial charge in [-0.05, 0) is 36.6 Å². The van der Waals surface area contributed by atoms with Gasteiger partial charge in [-0.2, -0.15) is 0 Å². The van der Waals surface area contributed by atoms with Crippen LogP contribution in [-0.2, 0) is 6.54 Å². The van der Waals surface area contributed by atoms with Crippen molar-refractivity contribution in [2.75, 3.05) is 49.1 Å². The lowest BCUT2D eigenvalue weighted by atomic mass is 10.2. The zero-order valence-electron chi connectivity index (χ0n) is 17.4. The maximum atomic E-state index is 12.6. The van der Waals surface area contributed by atoms with Crippen LogP contribution in [0.5, 0.6) is 0 Å². The molecule has 2 amide bonds. The Labute approximate surface area is 183 Å². The van der Waals surface area contributed by atoms with E-state index in [4.69, 9.17) is 11.6 Å². The Hall–Kier alpha value is -2.47. The summed E-state index contributed by atoms with van der Waals surface area (Å²) in [6, 6.07) is 12.0. The average Bonchev–Trinajstić information content (AvgIpc) is 3.08. The van der Waals surface area contributed by atoms with Crippen molar-refractivity contribution in [1.29, 1.82) is 0 Å². The predicted molar refractivity (Wildman–Crippen MR) is 122 cm³/mol. The molecular weight excluding hydrogens is 398 g/mol. The van der Waals surface area contributed by atoms with E-state index in [1.807, 2.05) is 35.4 Å². The van der Waals surface area contributed by atoms with Crippen LogP contribution in [0.4, 0.5) is 16.3 Å². The van der Waals surface area contributed by atoms with Gasteiger partial charge in [0.15, 0.2) is 0 Å². The number of anilines is 2. The second-order valence-corrected chi connectivity index (χ2v) is 8.42. The standard InChI is InChI=1S/C23H30ClN5O/c24-20-7-3-4-8-21(20)27-13-15-29(16-14-27)23(30)26-18-19-9-10-22(25-17-19)28-11-5-1-2-6-12-28/h3-4,7-10,17H,1-2,5-6,11-16,18H2,(H,26,30). The van der Waals surface area contributed by atoms with E-state index in [1.54, 1.807) is 0 Å². The van der Waals surface area contributed by atoms with E-state index >= 15 is 0 Å². The maximum absolute atomic E-state index is 12.6. The zero-order valence-corrected chi connectivity index (χ0v) is 18.2. The van der Waals surface area contributed by atoms with Gasteiger partial charge >= 0.3 is 6.03 Å². The van der Waals surface area contributed by atoms with E-state index in [0.717, 1.165) is 48.3 Å². The first-order valence-electron chi connectivity index (χ1n) is 10.9. The van der Waals surface area contributed by atoms with Crippen LogP contribution in [0.25, 0.3) is 0 Å². The van der Waals surface area contributed by atoms with Crippen molar-refractivity contribution >= 4 is 29.1 Å². The van der Waals surface area contributed by atoms with Gasteiger partial charge in [0.1, 0.15) is 5.82 Å². The number of aromatic nitrogens is 1. The predicted octanol–water partition coefficient (Wildman–Crippen LogP) is 4.15. The van der Waals surface area contributed by atoms with E-state index in [9.17, 15) is 4.79 Å². The van der Waals surface area contributed by atoms with Gasteiger partial charge in [-0.15, -0.1) is 0 Å². The third-order valence-corrected chi connectivity index (χ3v) is 6.26. The summed E-state index contributed by atoms with van der Waals surface area (Å²) in [6.07, 6.45) is 6.99. The highest BCUT2D eigenvalue weighted by Crippen LogP contribution is 2.26. The molecule has 30 heavy (non-hydrogen) atoms. The van der Waals surface area contributed by atoms with Crippen molar-refractivity contribution < 1.29 is 4.79 Å². The number of carbonyl (C=O) groups is 1. The minimum atomic E-state index is -0.0228. The number of hydrogen-bond donors (Lipinski definition) is 1. The monoisotopic (exact) mass is 427 g/mol. The fraction of sp³-hybridized carbons (Fsp3) is 0.478. The van der Waals surface area contributed by atoms with Crippen molar-refractivity contribution in [2.24, 2.45) is 0 Å². The average molecular weight is 428 g/mol. The zero-order chi connectivity index (χ0) is 20.8. The summed E-state index contributed by atoms with van der Waals surface area (Å²) < 4.78 is 0. The SMILES string of the molecule is O=C(NCc1ccc(N2CCCCCC2)nc1)N1CCN(c2ccccc2Cl)CC1. The Balaban J connectivity index is 1.24. The van der Waals surface area contributed by atoms with E-state index < -0.39 is 0 Å². The molecule has 0 saturated carbocycles. The smallest absolute Gasteiger partial charge is 0.317 e. The van der Waals surface area contributed by atoms with E-state index in [-0.39, 0.29) is 6.03 Å². The van der Waals surface area contributed by atoms with Crippen LogP contribution in [-0.4, -0.2) is 55.2 Å². The lowest BCUT2D eigenvalue weighted by Gasteiger charge is -2.36. The second kappa shape index (κ2) is 10.0. The molecule has 0 aliphatic carbocycles. The number of urea groups is 1. The number of nitrogens with zero attached hydrogens (tertiary/aromatic N) is 4. The Kier molecular flexibility index (Phi) is 6.95. The first kappa shape index (κ1) is 20.8. The second-order valence-electron chi connectivity index (χ2n) is 8.01. The summed E-state index contributed by atoms with van der Waals surface area (Å²) in [5.74, 6) is 1.04. The topological polar surface area (TPSA) is 51.7 Å². The number of hydrogen-bond acceptors (Lipinski definition) is 4. The highest BCUT2D eigenvalue weighted by atomic mass is 35.5. The number of para-hydroxylation sites is 1. The van der Waals surface area contributed by atoms with E-state index in [0.29, 0.717) is 19.6 Å². The van der Waals surface area contributed by atoms with Crippen molar-refractivity contribution in [2.45, 2.75) is 32.2 Å². The summed E-state index contributed by atoms with van der Waals surface area (Å²) in [5, 5.41) is 3.79. The first-order chi connectivity index (χ1) is 14.7. The fourth-order valence-electron chi connectivity index (χ4n) is 4.16.